The minimum absolute atomic E-state index is 0.00200. The van der Waals surface area contributed by atoms with E-state index in [1.54, 1.807) is 18.3 Å². The third kappa shape index (κ3) is 4.63. The van der Waals surface area contributed by atoms with Crippen LogP contribution in [0.15, 0.2) is 56.8 Å². The molecule has 1 aliphatic rings. The van der Waals surface area contributed by atoms with E-state index in [2.05, 4.69) is 15.5 Å². The maximum atomic E-state index is 13.2. The van der Waals surface area contributed by atoms with Gasteiger partial charge in [0.15, 0.2) is 5.43 Å². The third-order valence-electron chi connectivity index (χ3n) is 6.63. The second kappa shape index (κ2) is 9.69. The fourth-order valence-corrected chi connectivity index (χ4v) is 4.95. The van der Waals surface area contributed by atoms with Crippen molar-refractivity contribution in [3.63, 3.8) is 0 Å². The lowest BCUT2D eigenvalue weighted by Gasteiger charge is -2.21. The van der Waals surface area contributed by atoms with Gasteiger partial charge in [0.25, 0.3) is 0 Å². The monoisotopic (exact) mass is 515 g/mol. The summed E-state index contributed by atoms with van der Waals surface area (Å²) in [6, 6.07) is 12.9. The molecule has 1 unspecified atom stereocenters. The van der Waals surface area contributed by atoms with Crippen LogP contribution in [0.2, 0.25) is 5.15 Å². The van der Waals surface area contributed by atoms with E-state index in [1.807, 2.05) is 65.0 Å². The Hall–Kier alpha value is -3.62. The zero-order chi connectivity index (χ0) is 26.4. The summed E-state index contributed by atoms with van der Waals surface area (Å²) in [4.78, 5) is 17.8. The van der Waals surface area contributed by atoms with Crippen LogP contribution in [0.3, 0.4) is 0 Å². The Kier molecular flexibility index (Phi) is 6.56. The predicted octanol–water partition coefficient (Wildman–Crippen LogP) is 5.47. The van der Waals surface area contributed by atoms with Crippen molar-refractivity contribution in [2.24, 2.45) is 5.16 Å². The van der Waals surface area contributed by atoms with E-state index < -0.39 is 7.12 Å². The first-order valence-electron chi connectivity index (χ1n) is 12.2. The Morgan fingerprint density at radius 3 is 2.62 bits per heavy atom. The lowest BCUT2D eigenvalue weighted by Crippen LogP contribution is -2.37. The summed E-state index contributed by atoms with van der Waals surface area (Å²) in [7, 11) is -1.11. The number of pyridine rings is 1. The van der Waals surface area contributed by atoms with Crippen LogP contribution in [0.5, 0.6) is 0 Å². The van der Waals surface area contributed by atoms with Crippen LogP contribution >= 0.6 is 11.6 Å². The van der Waals surface area contributed by atoms with E-state index in [4.69, 9.17) is 20.8 Å². The fraction of sp³-hybridized carbons (Fsp3) is 0.250. The summed E-state index contributed by atoms with van der Waals surface area (Å²) in [5.41, 5.74) is 6.66. The average Bonchev–Trinajstić information content (AvgIpc) is 2.86. The molecule has 4 aromatic rings. The SMILES string of the molecule is Cc1cc(C(C)Nc2ccc(Cl)nc2-c2ccc3c(c2)C=NOB3O)c2oc(C(C)C)c(C)c(=O)c2c1. The number of hydrogen-bond donors (Lipinski definition) is 2. The number of benzene rings is 2. The van der Waals surface area contributed by atoms with Crippen LogP contribution < -0.4 is 16.2 Å². The van der Waals surface area contributed by atoms with E-state index in [9.17, 15) is 9.82 Å². The third-order valence-corrected chi connectivity index (χ3v) is 6.84. The summed E-state index contributed by atoms with van der Waals surface area (Å²) in [5.74, 6) is 0.781. The minimum atomic E-state index is -1.11. The molecule has 0 aliphatic carbocycles. The van der Waals surface area contributed by atoms with Gasteiger partial charge in [-0.2, -0.15) is 0 Å². The number of halogens is 1. The van der Waals surface area contributed by atoms with Gasteiger partial charge < -0.3 is 19.5 Å². The van der Waals surface area contributed by atoms with Gasteiger partial charge >= 0.3 is 7.12 Å². The van der Waals surface area contributed by atoms with E-state index >= 15 is 0 Å². The van der Waals surface area contributed by atoms with Gasteiger partial charge in [-0.3, -0.25) is 4.79 Å². The first-order valence-corrected chi connectivity index (χ1v) is 12.5. The van der Waals surface area contributed by atoms with Crippen LogP contribution in [0.25, 0.3) is 22.2 Å². The predicted molar refractivity (Wildman–Crippen MR) is 149 cm³/mol. The number of aromatic nitrogens is 1. The topological polar surface area (TPSA) is 97.0 Å². The molecule has 2 N–H and O–H groups in total. The highest BCUT2D eigenvalue weighted by molar-refractivity contribution is 6.62. The van der Waals surface area contributed by atoms with Crippen LogP contribution in [0.4, 0.5) is 5.69 Å². The zero-order valence-electron chi connectivity index (χ0n) is 21.3. The Morgan fingerprint density at radius 2 is 1.86 bits per heavy atom. The zero-order valence-corrected chi connectivity index (χ0v) is 22.1. The standard InChI is InChI=1S/C28H27BClN3O4/c1-14(2)27-16(4)26(34)21-11-15(3)10-20(28(21)36-27)17(5)32-23-8-9-24(30)33-25(23)18-6-7-22-19(12-18)13-31-37-29(22)35/h6-14,17,32,35H,1-5H3. The highest BCUT2D eigenvalue weighted by atomic mass is 35.5. The molecule has 37 heavy (non-hydrogen) atoms. The molecule has 0 fully saturated rings. The molecule has 0 saturated heterocycles. The molecule has 0 bridgehead atoms. The quantitative estimate of drug-likeness (QED) is 0.270. The first kappa shape index (κ1) is 25.1. The van der Waals surface area contributed by atoms with Gasteiger partial charge in [-0.1, -0.05) is 43.6 Å². The summed E-state index contributed by atoms with van der Waals surface area (Å²) >= 11 is 6.29. The molecule has 0 amide bonds. The number of nitrogens with zero attached hydrogens (tertiary/aromatic N) is 2. The largest absolute Gasteiger partial charge is 0.583 e. The van der Waals surface area contributed by atoms with Crippen molar-refractivity contribution < 1.29 is 14.2 Å². The summed E-state index contributed by atoms with van der Waals surface area (Å²) in [6.45, 7) is 9.86. The summed E-state index contributed by atoms with van der Waals surface area (Å²) < 4.78 is 11.3. The maximum Gasteiger partial charge on any atom is 0.583 e. The Bertz CT molecular complexity index is 1620. The van der Waals surface area contributed by atoms with E-state index in [1.165, 1.54) is 0 Å². The number of hydrogen-bond acceptors (Lipinski definition) is 7. The summed E-state index contributed by atoms with van der Waals surface area (Å²) in [6.07, 6.45) is 1.56. The number of aryl methyl sites for hydroxylation is 1. The normalized spacial score (nSPS) is 13.6. The molecule has 9 heteroatoms. The number of oxime groups is 1. The molecular weight excluding hydrogens is 489 g/mol. The Balaban J connectivity index is 1.60. The van der Waals surface area contributed by atoms with Crippen LogP contribution in [0.1, 0.15) is 60.7 Å². The highest BCUT2D eigenvalue weighted by Crippen LogP contribution is 2.34. The lowest BCUT2D eigenvalue weighted by molar-refractivity contribution is 0.286. The van der Waals surface area contributed by atoms with Gasteiger partial charge in [0.05, 0.1) is 29.0 Å². The van der Waals surface area contributed by atoms with E-state index in [-0.39, 0.29) is 17.4 Å². The van der Waals surface area contributed by atoms with Gasteiger partial charge in [-0.05, 0) is 56.2 Å². The Morgan fingerprint density at radius 1 is 1.08 bits per heavy atom. The number of fused-ring (bicyclic) bond motifs is 2. The maximum absolute atomic E-state index is 13.2. The van der Waals surface area contributed by atoms with Crippen molar-refractivity contribution >= 4 is 47.1 Å². The molecule has 0 saturated carbocycles. The number of rotatable bonds is 5. The molecule has 5 rings (SSSR count). The van der Waals surface area contributed by atoms with Crippen molar-refractivity contribution in [2.75, 3.05) is 5.32 Å². The van der Waals surface area contributed by atoms with Crippen LogP contribution in [-0.2, 0) is 4.76 Å². The molecule has 188 valence electrons. The van der Waals surface area contributed by atoms with Crippen LogP contribution in [0, 0.1) is 13.8 Å². The minimum Gasteiger partial charge on any atom is -0.460 e. The molecule has 0 radical (unpaired) electrons. The Labute approximate surface area is 220 Å². The highest BCUT2D eigenvalue weighted by Gasteiger charge is 2.26. The van der Waals surface area contributed by atoms with Crippen molar-refractivity contribution in [1.82, 2.24) is 4.98 Å². The van der Waals surface area contributed by atoms with Crippen molar-refractivity contribution in [3.8, 4) is 11.3 Å². The number of nitrogens with one attached hydrogen (secondary N) is 1. The van der Waals surface area contributed by atoms with Gasteiger partial charge in [0.1, 0.15) is 16.5 Å². The molecule has 3 heterocycles. The fourth-order valence-electron chi connectivity index (χ4n) is 4.80. The van der Waals surface area contributed by atoms with Gasteiger partial charge in [0.2, 0.25) is 0 Å². The van der Waals surface area contributed by atoms with Gasteiger partial charge in [-0.25, -0.2) is 4.98 Å². The van der Waals surface area contributed by atoms with Crippen LogP contribution in [-0.4, -0.2) is 23.3 Å². The van der Waals surface area contributed by atoms with E-state index in [0.29, 0.717) is 38.6 Å². The van der Waals surface area contributed by atoms with E-state index in [0.717, 1.165) is 27.9 Å². The van der Waals surface area contributed by atoms with Gasteiger partial charge in [0, 0.05) is 28.1 Å². The lowest BCUT2D eigenvalue weighted by atomic mass is 9.75. The second-order valence-corrected chi connectivity index (χ2v) is 10.1. The van der Waals surface area contributed by atoms with Crippen molar-refractivity contribution in [1.29, 1.82) is 0 Å². The first-order chi connectivity index (χ1) is 17.6. The van der Waals surface area contributed by atoms with Crippen molar-refractivity contribution in [2.45, 2.75) is 46.6 Å². The van der Waals surface area contributed by atoms with Gasteiger partial charge in [-0.15, -0.1) is 5.16 Å². The molecule has 1 atom stereocenters. The average molecular weight is 516 g/mol. The molecule has 1 aliphatic heterocycles. The second-order valence-electron chi connectivity index (χ2n) is 9.74. The molecular formula is C28H27BClN3O4. The number of anilines is 1. The van der Waals surface area contributed by atoms with Crippen molar-refractivity contribution in [3.05, 3.63) is 85.9 Å². The smallest absolute Gasteiger partial charge is 0.460 e. The summed E-state index contributed by atoms with van der Waals surface area (Å²) in [5, 5.41) is 18.3. The molecule has 2 aromatic heterocycles. The molecule has 2 aromatic carbocycles. The molecule has 7 nitrogen and oxygen atoms in total. The molecule has 0 spiro atoms.